The molecule has 0 amide bonds. The average Bonchev–Trinajstić information content (AvgIpc) is 2.27. The zero-order chi connectivity index (χ0) is 11.5. The first kappa shape index (κ1) is 11.1. The number of hydrogen-bond donors (Lipinski definition) is 0. The summed E-state index contributed by atoms with van der Waals surface area (Å²) in [6.45, 7) is 0. The largest absolute Gasteiger partial charge is 0.437 e. The van der Waals surface area contributed by atoms with Gasteiger partial charge in [0.1, 0.15) is 11.6 Å². The van der Waals surface area contributed by atoms with Gasteiger partial charge in [-0.25, -0.2) is 4.39 Å². The Balaban J connectivity index is 2.20. The minimum Gasteiger partial charge on any atom is -0.437 e. The predicted molar refractivity (Wildman–Crippen MR) is 58.5 cm³/mol. The van der Waals surface area contributed by atoms with Gasteiger partial charge in [-0.05, 0) is 18.2 Å². The molecule has 1 aromatic carbocycles. The van der Waals surface area contributed by atoms with Crippen LogP contribution in [0.1, 0.15) is 0 Å². The zero-order valence-corrected chi connectivity index (χ0v) is 9.34. The number of halogens is 3. The maximum absolute atomic E-state index is 12.9. The lowest BCUT2D eigenvalue weighted by atomic mass is 10.3. The molecule has 3 nitrogen and oxygen atoms in total. The molecule has 0 radical (unpaired) electrons. The quantitative estimate of drug-likeness (QED) is 0.824. The Labute approximate surface area is 101 Å². The maximum atomic E-state index is 12.9. The first-order chi connectivity index (χ1) is 7.65. The van der Waals surface area contributed by atoms with Crippen LogP contribution in [-0.4, -0.2) is 10.2 Å². The van der Waals surface area contributed by atoms with E-state index in [1.807, 2.05) is 0 Å². The summed E-state index contributed by atoms with van der Waals surface area (Å²) in [5, 5.41) is 7.54. The van der Waals surface area contributed by atoms with Crippen LogP contribution in [0.2, 0.25) is 10.2 Å². The van der Waals surface area contributed by atoms with Crippen molar-refractivity contribution in [1.82, 2.24) is 10.2 Å². The molecule has 0 saturated carbocycles. The van der Waals surface area contributed by atoms with E-state index in [0.29, 0.717) is 5.75 Å². The SMILES string of the molecule is Fc1ccc(Oc2ccc(Cl)nn2)cc1Cl. The number of rotatable bonds is 2. The zero-order valence-electron chi connectivity index (χ0n) is 7.82. The molecule has 0 aliphatic heterocycles. The maximum Gasteiger partial charge on any atom is 0.238 e. The Morgan fingerprint density at radius 2 is 1.88 bits per heavy atom. The minimum absolute atomic E-state index is 0.0144. The van der Waals surface area contributed by atoms with E-state index < -0.39 is 5.82 Å². The fraction of sp³-hybridized carbons (Fsp3) is 0. The molecular formula is C10H5Cl2FN2O. The number of ether oxygens (including phenoxy) is 1. The van der Waals surface area contributed by atoms with Crippen molar-refractivity contribution in [3.63, 3.8) is 0 Å². The van der Waals surface area contributed by atoms with Gasteiger partial charge in [-0.2, -0.15) is 0 Å². The van der Waals surface area contributed by atoms with E-state index in [-0.39, 0.29) is 16.1 Å². The van der Waals surface area contributed by atoms with Gasteiger partial charge in [0.05, 0.1) is 5.02 Å². The highest BCUT2D eigenvalue weighted by atomic mass is 35.5. The molecule has 0 unspecified atom stereocenters. The summed E-state index contributed by atoms with van der Waals surface area (Å²) >= 11 is 11.2. The van der Waals surface area contributed by atoms with E-state index in [0.717, 1.165) is 0 Å². The number of hydrogen-bond acceptors (Lipinski definition) is 3. The lowest BCUT2D eigenvalue weighted by Gasteiger charge is -2.04. The number of aromatic nitrogens is 2. The summed E-state index contributed by atoms with van der Waals surface area (Å²) in [6.07, 6.45) is 0. The van der Waals surface area contributed by atoms with E-state index >= 15 is 0 Å². The van der Waals surface area contributed by atoms with Gasteiger partial charge in [0.15, 0.2) is 5.15 Å². The molecule has 0 N–H and O–H groups in total. The molecule has 0 fully saturated rings. The third-order valence-electron chi connectivity index (χ3n) is 1.72. The predicted octanol–water partition coefficient (Wildman–Crippen LogP) is 3.71. The van der Waals surface area contributed by atoms with Gasteiger partial charge in [-0.3, -0.25) is 0 Å². The third kappa shape index (κ3) is 2.59. The van der Waals surface area contributed by atoms with E-state index in [1.165, 1.54) is 24.3 Å². The molecule has 0 bridgehead atoms. The van der Waals surface area contributed by atoms with E-state index in [9.17, 15) is 4.39 Å². The highest BCUT2D eigenvalue weighted by Crippen LogP contribution is 2.24. The fourth-order valence-corrected chi connectivity index (χ4v) is 1.29. The van der Waals surface area contributed by atoms with E-state index in [2.05, 4.69) is 10.2 Å². The average molecular weight is 259 g/mol. The summed E-state index contributed by atoms with van der Waals surface area (Å²) in [5.74, 6) is 0.131. The van der Waals surface area contributed by atoms with Crippen molar-refractivity contribution < 1.29 is 9.13 Å². The van der Waals surface area contributed by atoms with E-state index in [1.54, 1.807) is 6.07 Å². The second-order valence-corrected chi connectivity index (χ2v) is 3.67. The van der Waals surface area contributed by atoms with Crippen molar-refractivity contribution >= 4 is 23.2 Å². The second-order valence-electron chi connectivity index (χ2n) is 2.87. The molecule has 0 atom stereocenters. The van der Waals surface area contributed by atoms with Gasteiger partial charge in [0.2, 0.25) is 5.88 Å². The minimum atomic E-state index is -0.504. The summed E-state index contributed by atoms with van der Waals surface area (Å²) in [7, 11) is 0. The Morgan fingerprint density at radius 3 is 2.50 bits per heavy atom. The third-order valence-corrected chi connectivity index (χ3v) is 2.21. The molecule has 0 aliphatic carbocycles. The van der Waals surface area contributed by atoms with Crippen LogP contribution in [0.25, 0.3) is 0 Å². The monoisotopic (exact) mass is 258 g/mol. The Morgan fingerprint density at radius 1 is 1.06 bits per heavy atom. The molecule has 16 heavy (non-hydrogen) atoms. The molecule has 2 aromatic rings. The first-order valence-corrected chi connectivity index (χ1v) is 5.03. The second kappa shape index (κ2) is 4.63. The molecule has 0 spiro atoms. The number of benzene rings is 1. The summed E-state index contributed by atoms with van der Waals surface area (Å²) < 4.78 is 18.1. The van der Waals surface area contributed by atoms with Crippen molar-refractivity contribution in [2.45, 2.75) is 0 Å². The molecule has 6 heteroatoms. The fourth-order valence-electron chi connectivity index (χ4n) is 1.02. The molecule has 2 rings (SSSR count). The number of nitrogens with zero attached hydrogens (tertiary/aromatic N) is 2. The van der Waals surface area contributed by atoms with Gasteiger partial charge >= 0.3 is 0 Å². The molecule has 1 aromatic heterocycles. The van der Waals surface area contributed by atoms with Gasteiger partial charge < -0.3 is 4.74 Å². The van der Waals surface area contributed by atoms with Crippen LogP contribution in [-0.2, 0) is 0 Å². The Bertz CT molecular complexity index is 505. The van der Waals surface area contributed by atoms with Crippen molar-refractivity contribution in [1.29, 1.82) is 0 Å². The normalized spacial score (nSPS) is 10.2. The van der Waals surface area contributed by atoms with Gasteiger partial charge in [0, 0.05) is 12.1 Å². The van der Waals surface area contributed by atoms with Crippen LogP contribution in [0.5, 0.6) is 11.6 Å². The van der Waals surface area contributed by atoms with Gasteiger partial charge in [0.25, 0.3) is 0 Å². The van der Waals surface area contributed by atoms with Crippen LogP contribution in [0.3, 0.4) is 0 Å². The van der Waals surface area contributed by atoms with Crippen LogP contribution >= 0.6 is 23.2 Å². The molecule has 1 heterocycles. The first-order valence-electron chi connectivity index (χ1n) is 4.27. The van der Waals surface area contributed by atoms with Crippen molar-refractivity contribution in [2.75, 3.05) is 0 Å². The standard InChI is InChI=1S/C10H5Cl2FN2O/c11-7-5-6(1-2-8(7)13)16-10-4-3-9(12)14-15-10/h1-5H. The topological polar surface area (TPSA) is 35.0 Å². The van der Waals surface area contributed by atoms with Gasteiger partial charge in [-0.15, -0.1) is 10.2 Å². The highest BCUT2D eigenvalue weighted by Gasteiger charge is 2.03. The van der Waals surface area contributed by atoms with Crippen LogP contribution in [0, 0.1) is 5.82 Å². The highest BCUT2D eigenvalue weighted by molar-refractivity contribution is 6.30. The smallest absolute Gasteiger partial charge is 0.238 e. The van der Waals surface area contributed by atoms with E-state index in [4.69, 9.17) is 27.9 Å². The van der Waals surface area contributed by atoms with Crippen molar-refractivity contribution in [2.24, 2.45) is 0 Å². The summed E-state index contributed by atoms with van der Waals surface area (Å²) in [6, 6.07) is 7.09. The van der Waals surface area contributed by atoms with Crippen molar-refractivity contribution in [3.05, 3.63) is 46.3 Å². The lowest BCUT2D eigenvalue weighted by Crippen LogP contribution is -1.90. The Kier molecular flexibility index (Phi) is 3.22. The van der Waals surface area contributed by atoms with Crippen LogP contribution < -0.4 is 4.74 Å². The van der Waals surface area contributed by atoms with Crippen LogP contribution in [0.15, 0.2) is 30.3 Å². The summed E-state index contributed by atoms with van der Waals surface area (Å²) in [4.78, 5) is 0. The van der Waals surface area contributed by atoms with Crippen LogP contribution in [0.4, 0.5) is 4.39 Å². The Hall–Kier alpha value is -1.39. The molecular weight excluding hydrogens is 254 g/mol. The lowest BCUT2D eigenvalue weighted by molar-refractivity contribution is 0.454. The summed E-state index contributed by atoms with van der Waals surface area (Å²) in [5.41, 5.74) is 0. The van der Waals surface area contributed by atoms with Crippen molar-refractivity contribution in [3.8, 4) is 11.6 Å². The molecule has 0 aliphatic rings. The molecule has 0 saturated heterocycles. The van der Waals surface area contributed by atoms with Gasteiger partial charge in [-0.1, -0.05) is 23.2 Å². The molecule has 82 valence electrons.